The van der Waals surface area contributed by atoms with Gasteiger partial charge in [-0.3, -0.25) is 14.2 Å². The summed E-state index contributed by atoms with van der Waals surface area (Å²) in [5, 5.41) is 1.29. The zero-order valence-electron chi connectivity index (χ0n) is 15.2. The molecule has 2 aromatic carbocycles. The van der Waals surface area contributed by atoms with E-state index in [1.165, 1.54) is 23.0 Å². The summed E-state index contributed by atoms with van der Waals surface area (Å²) >= 11 is 5.91. The molecule has 0 aliphatic rings. The molecule has 1 aromatic heterocycles. The standard InChI is InChI=1S/C22H18ClNO4/c1-3-4-11-28-21(25)12-16-14-24(20-10-9-18(27-2)13-19(16)20)22(26)15-5-7-17(23)8-6-15/h3-11,13-14H,1,12H2,2H3/b11-4+. The predicted molar refractivity (Wildman–Crippen MR) is 109 cm³/mol. The van der Waals surface area contributed by atoms with Crippen LogP contribution in [0.5, 0.6) is 5.75 Å². The van der Waals surface area contributed by atoms with Crippen LogP contribution in [0.15, 0.2) is 73.7 Å². The molecule has 3 rings (SSSR count). The van der Waals surface area contributed by atoms with Gasteiger partial charge in [0.2, 0.25) is 0 Å². The van der Waals surface area contributed by atoms with E-state index in [0.29, 0.717) is 27.4 Å². The summed E-state index contributed by atoms with van der Waals surface area (Å²) in [6, 6.07) is 12.0. The van der Waals surface area contributed by atoms with Crippen LogP contribution in [0, 0.1) is 0 Å². The molecular weight excluding hydrogens is 378 g/mol. The van der Waals surface area contributed by atoms with E-state index < -0.39 is 5.97 Å². The molecule has 3 aromatic rings. The number of fused-ring (bicyclic) bond motifs is 1. The molecule has 6 heteroatoms. The number of halogens is 1. The zero-order chi connectivity index (χ0) is 20.1. The summed E-state index contributed by atoms with van der Waals surface area (Å²) < 4.78 is 11.8. The number of nitrogens with zero attached hydrogens (tertiary/aromatic N) is 1. The Labute approximate surface area is 167 Å². The second kappa shape index (κ2) is 8.59. The van der Waals surface area contributed by atoms with Crippen molar-refractivity contribution >= 4 is 34.4 Å². The van der Waals surface area contributed by atoms with Crippen molar-refractivity contribution in [2.24, 2.45) is 0 Å². The van der Waals surface area contributed by atoms with E-state index in [1.54, 1.807) is 55.8 Å². The molecule has 0 saturated carbocycles. The third kappa shape index (κ3) is 4.15. The molecule has 0 bridgehead atoms. The highest BCUT2D eigenvalue weighted by Gasteiger charge is 2.18. The molecule has 0 spiro atoms. The van der Waals surface area contributed by atoms with Gasteiger partial charge in [-0.2, -0.15) is 0 Å². The molecule has 5 nitrogen and oxygen atoms in total. The molecule has 0 fully saturated rings. The van der Waals surface area contributed by atoms with Crippen molar-refractivity contribution < 1.29 is 19.1 Å². The fourth-order valence-corrected chi connectivity index (χ4v) is 2.94. The molecule has 0 atom stereocenters. The van der Waals surface area contributed by atoms with Crippen LogP contribution in [0.3, 0.4) is 0 Å². The van der Waals surface area contributed by atoms with Gasteiger partial charge in [0.05, 0.1) is 25.3 Å². The van der Waals surface area contributed by atoms with Crippen molar-refractivity contribution in [3.8, 4) is 5.75 Å². The van der Waals surface area contributed by atoms with Gasteiger partial charge in [-0.1, -0.05) is 24.3 Å². The fourth-order valence-electron chi connectivity index (χ4n) is 2.81. The second-order valence-electron chi connectivity index (χ2n) is 5.95. The summed E-state index contributed by atoms with van der Waals surface area (Å²) in [4.78, 5) is 25.1. The molecule has 0 unspecified atom stereocenters. The summed E-state index contributed by atoms with van der Waals surface area (Å²) in [5.41, 5.74) is 1.82. The first kappa shape index (κ1) is 19.5. The lowest BCUT2D eigenvalue weighted by Crippen LogP contribution is -2.10. The normalized spacial score (nSPS) is 10.9. The lowest BCUT2D eigenvalue weighted by atomic mass is 10.1. The van der Waals surface area contributed by atoms with Crippen molar-refractivity contribution in [2.45, 2.75) is 6.42 Å². The van der Waals surface area contributed by atoms with Crippen molar-refractivity contribution in [3.05, 3.63) is 89.8 Å². The third-order valence-electron chi connectivity index (χ3n) is 4.15. The number of allylic oxidation sites excluding steroid dienone is 2. The molecule has 0 amide bonds. The van der Waals surface area contributed by atoms with E-state index >= 15 is 0 Å². The van der Waals surface area contributed by atoms with Crippen molar-refractivity contribution in [1.82, 2.24) is 4.57 Å². The average molecular weight is 396 g/mol. The average Bonchev–Trinajstić information content (AvgIpc) is 3.05. The number of carbonyl (C=O) groups excluding carboxylic acids is 2. The highest BCUT2D eigenvalue weighted by Crippen LogP contribution is 2.27. The Morgan fingerprint density at radius 1 is 1.18 bits per heavy atom. The van der Waals surface area contributed by atoms with Gasteiger partial charge in [0.1, 0.15) is 5.75 Å². The van der Waals surface area contributed by atoms with E-state index in [1.807, 2.05) is 0 Å². The largest absolute Gasteiger partial charge is 0.497 e. The maximum absolute atomic E-state index is 13.0. The van der Waals surface area contributed by atoms with E-state index in [0.717, 1.165) is 5.39 Å². The number of hydrogen-bond acceptors (Lipinski definition) is 4. The number of hydrogen-bond donors (Lipinski definition) is 0. The Hall–Kier alpha value is -3.31. The Balaban J connectivity index is 2.02. The summed E-state index contributed by atoms with van der Waals surface area (Å²) in [5.74, 6) is -0.0396. The van der Waals surface area contributed by atoms with Gasteiger partial charge in [-0.05, 0) is 54.1 Å². The van der Waals surface area contributed by atoms with Crippen LogP contribution >= 0.6 is 11.6 Å². The minimum atomic E-state index is -0.445. The smallest absolute Gasteiger partial charge is 0.315 e. The topological polar surface area (TPSA) is 57.5 Å². The van der Waals surface area contributed by atoms with Crippen LogP contribution in [0.25, 0.3) is 10.9 Å². The number of rotatable bonds is 6. The fraction of sp³-hybridized carbons (Fsp3) is 0.0909. The Morgan fingerprint density at radius 3 is 2.61 bits per heavy atom. The molecule has 1 heterocycles. The van der Waals surface area contributed by atoms with Crippen molar-refractivity contribution in [1.29, 1.82) is 0 Å². The summed E-state index contributed by atoms with van der Waals surface area (Å²) in [7, 11) is 1.56. The molecule has 0 radical (unpaired) electrons. The van der Waals surface area contributed by atoms with Crippen LogP contribution in [-0.4, -0.2) is 23.6 Å². The second-order valence-corrected chi connectivity index (χ2v) is 6.39. The number of carbonyl (C=O) groups is 2. The maximum Gasteiger partial charge on any atom is 0.315 e. The minimum Gasteiger partial charge on any atom is -0.497 e. The van der Waals surface area contributed by atoms with Crippen LogP contribution in [0.4, 0.5) is 0 Å². The monoisotopic (exact) mass is 395 g/mol. The van der Waals surface area contributed by atoms with Crippen LogP contribution in [0.1, 0.15) is 15.9 Å². The minimum absolute atomic E-state index is 0.00600. The van der Waals surface area contributed by atoms with Gasteiger partial charge >= 0.3 is 5.97 Å². The molecule has 0 aliphatic carbocycles. The molecule has 142 valence electrons. The van der Waals surface area contributed by atoms with Crippen molar-refractivity contribution in [3.63, 3.8) is 0 Å². The highest BCUT2D eigenvalue weighted by molar-refractivity contribution is 6.30. The van der Waals surface area contributed by atoms with Gasteiger partial charge in [0.25, 0.3) is 5.91 Å². The van der Waals surface area contributed by atoms with E-state index in [-0.39, 0.29) is 12.3 Å². The number of ether oxygens (including phenoxy) is 2. The zero-order valence-corrected chi connectivity index (χ0v) is 16.0. The number of methoxy groups -OCH3 is 1. The Bertz CT molecular complexity index is 1060. The quantitative estimate of drug-likeness (QED) is 0.342. The van der Waals surface area contributed by atoms with Gasteiger partial charge in [0.15, 0.2) is 0 Å². The molecule has 0 N–H and O–H groups in total. The molecule has 0 saturated heterocycles. The first-order valence-electron chi connectivity index (χ1n) is 8.48. The number of aromatic nitrogens is 1. The van der Waals surface area contributed by atoms with Crippen molar-refractivity contribution in [2.75, 3.05) is 7.11 Å². The van der Waals surface area contributed by atoms with Gasteiger partial charge in [0, 0.05) is 22.2 Å². The Morgan fingerprint density at radius 2 is 1.93 bits per heavy atom. The molecule has 0 aliphatic heterocycles. The Kier molecular flexibility index (Phi) is 5.96. The number of esters is 1. The highest BCUT2D eigenvalue weighted by atomic mass is 35.5. The first-order chi connectivity index (χ1) is 13.5. The SMILES string of the molecule is C=C/C=C/OC(=O)Cc1cn(C(=O)c2ccc(Cl)cc2)c2ccc(OC)cc12. The van der Waals surface area contributed by atoms with Gasteiger partial charge in [-0.25, -0.2) is 0 Å². The van der Waals surface area contributed by atoms with Gasteiger partial charge in [-0.15, -0.1) is 0 Å². The van der Waals surface area contributed by atoms with E-state index in [4.69, 9.17) is 21.1 Å². The van der Waals surface area contributed by atoms with E-state index in [2.05, 4.69) is 6.58 Å². The molecule has 28 heavy (non-hydrogen) atoms. The third-order valence-corrected chi connectivity index (χ3v) is 4.41. The number of benzene rings is 2. The lowest BCUT2D eigenvalue weighted by Gasteiger charge is -2.05. The van der Waals surface area contributed by atoms with Crippen LogP contribution < -0.4 is 4.74 Å². The predicted octanol–water partition coefficient (Wildman–Crippen LogP) is 4.78. The van der Waals surface area contributed by atoms with Gasteiger partial charge < -0.3 is 9.47 Å². The lowest BCUT2D eigenvalue weighted by molar-refractivity contribution is -0.137. The molecular formula is C22H18ClNO4. The summed E-state index contributed by atoms with van der Waals surface area (Å²) in [6.45, 7) is 3.52. The van der Waals surface area contributed by atoms with Crippen LogP contribution in [-0.2, 0) is 16.0 Å². The summed E-state index contributed by atoms with van der Waals surface area (Å²) in [6.07, 6.45) is 5.96. The first-order valence-corrected chi connectivity index (χ1v) is 8.86. The van der Waals surface area contributed by atoms with E-state index in [9.17, 15) is 9.59 Å². The maximum atomic E-state index is 13.0. The van der Waals surface area contributed by atoms with Crippen LogP contribution in [0.2, 0.25) is 5.02 Å².